The number of halogens is 1. The second kappa shape index (κ2) is 9.89. The van der Waals surface area contributed by atoms with Gasteiger partial charge in [-0.3, -0.25) is 4.79 Å². The first-order valence-corrected chi connectivity index (χ1v) is 11.3. The third-order valence-electron chi connectivity index (χ3n) is 4.78. The van der Waals surface area contributed by atoms with Gasteiger partial charge in [0.2, 0.25) is 15.9 Å². The average molecular weight is 445 g/mol. The first-order valence-electron chi connectivity index (χ1n) is 9.89. The van der Waals surface area contributed by atoms with Crippen LogP contribution in [0.5, 0.6) is 0 Å². The summed E-state index contributed by atoms with van der Waals surface area (Å²) in [6, 6.07) is 16.9. The molecule has 0 aliphatic heterocycles. The van der Waals surface area contributed by atoms with Gasteiger partial charge in [0.05, 0.1) is 24.2 Å². The van der Waals surface area contributed by atoms with E-state index >= 15 is 0 Å². The van der Waals surface area contributed by atoms with Gasteiger partial charge in [0, 0.05) is 12.6 Å². The number of benzene rings is 2. The summed E-state index contributed by atoms with van der Waals surface area (Å²) in [6.07, 6.45) is 1.51. The number of carbonyl (C=O) groups excluding carboxylic acids is 1. The highest BCUT2D eigenvalue weighted by Gasteiger charge is 2.30. The van der Waals surface area contributed by atoms with Gasteiger partial charge in [0.25, 0.3) is 0 Å². The highest BCUT2D eigenvalue weighted by atomic mass is 32.2. The molecule has 1 amide bonds. The van der Waals surface area contributed by atoms with E-state index in [1.165, 1.54) is 39.7 Å². The van der Waals surface area contributed by atoms with Crippen molar-refractivity contribution in [3.05, 3.63) is 90.1 Å². The maximum atomic E-state index is 13.3. The maximum absolute atomic E-state index is 13.3. The number of hydrogen-bond acceptors (Lipinski definition) is 4. The predicted octanol–water partition coefficient (Wildman–Crippen LogP) is 4.05. The lowest BCUT2D eigenvalue weighted by Gasteiger charge is -2.29. The Morgan fingerprint density at radius 1 is 0.968 bits per heavy atom. The molecule has 0 fully saturated rings. The first-order chi connectivity index (χ1) is 14.8. The lowest BCUT2D eigenvalue weighted by Crippen LogP contribution is -2.45. The molecule has 164 valence electrons. The molecule has 0 unspecified atom stereocenters. The number of amides is 1. The lowest BCUT2D eigenvalue weighted by atomic mass is 10.2. The van der Waals surface area contributed by atoms with Gasteiger partial charge >= 0.3 is 0 Å². The Kier molecular flexibility index (Phi) is 7.25. The molecule has 1 heterocycles. The van der Waals surface area contributed by atoms with Crippen LogP contribution in [0.15, 0.2) is 82.3 Å². The fourth-order valence-corrected chi connectivity index (χ4v) is 4.75. The van der Waals surface area contributed by atoms with Gasteiger partial charge in [-0.15, -0.1) is 0 Å². The van der Waals surface area contributed by atoms with E-state index in [2.05, 4.69) is 0 Å². The van der Waals surface area contributed by atoms with E-state index in [9.17, 15) is 17.6 Å². The number of rotatable bonds is 9. The summed E-state index contributed by atoms with van der Waals surface area (Å²) in [5.41, 5.74) is 0.725. The Balaban J connectivity index is 1.85. The fraction of sp³-hybridized carbons (Fsp3) is 0.261. The number of carbonyl (C=O) groups is 1. The second-order valence-electron chi connectivity index (χ2n) is 7.41. The summed E-state index contributed by atoms with van der Waals surface area (Å²) in [5.74, 6) is -0.181. The summed E-state index contributed by atoms with van der Waals surface area (Å²) >= 11 is 0. The van der Waals surface area contributed by atoms with Gasteiger partial charge in [0.1, 0.15) is 11.6 Å². The quantitative estimate of drug-likeness (QED) is 0.499. The van der Waals surface area contributed by atoms with Crippen LogP contribution in [0, 0.1) is 5.82 Å². The molecule has 0 aliphatic carbocycles. The number of nitrogens with zero attached hydrogens (tertiary/aromatic N) is 2. The minimum atomic E-state index is -3.86. The molecule has 0 spiro atoms. The molecule has 6 nitrogen and oxygen atoms in total. The van der Waals surface area contributed by atoms with E-state index in [1.54, 1.807) is 56.3 Å². The fourth-order valence-electron chi connectivity index (χ4n) is 3.14. The van der Waals surface area contributed by atoms with Crippen molar-refractivity contribution in [2.75, 3.05) is 6.54 Å². The molecule has 0 N–H and O–H groups in total. The zero-order valence-corrected chi connectivity index (χ0v) is 18.3. The van der Waals surface area contributed by atoms with Crippen molar-refractivity contribution < 1.29 is 22.0 Å². The molecule has 0 bridgehead atoms. The maximum Gasteiger partial charge on any atom is 0.243 e. The molecule has 1 aromatic heterocycles. The van der Waals surface area contributed by atoms with Crippen LogP contribution in [0.1, 0.15) is 25.2 Å². The molecule has 3 rings (SSSR count). The van der Waals surface area contributed by atoms with E-state index in [1.807, 2.05) is 0 Å². The first kappa shape index (κ1) is 22.7. The standard InChI is InChI=1S/C23H25FN2O4S/c1-18(2)26(31(28,29)22-8-4-3-5-9-22)17-23(27)25(16-21-7-6-14-30-21)15-19-10-12-20(24)13-11-19/h3-14,18H,15-17H2,1-2H3. The minimum Gasteiger partial charge on any atom is -0.467 e. The Morgan fingerprint density at radius 2 is 1.65 bits per heavy atom. The van der Waals surface area contributed by atoms with E-state index in [-0.39, 0.29) is 36.3 Å². The molecule has 31 heavy (non-hydrogen) atoms. The Bertz CT molecular complexity index is 1080. The Morgan fingerprint density at radius 3 is 2.23 bits per heavy atom. The zero-order chi connectivity index (χ0) is 22.4. The van der Waals surface area contributed by atoms with Gasteiger partial charge in [-0.25, -0.2) is 12.8 Å². The highest BCUT2D eigenvalue weighted by molar-refractivity contribution is 7.89. The van der Waals surface area contributed by atoms with Gasteiger partial charge in [-0.1, -0.05) is 30.3 Å². The number of hydrogen-bond donors (Lipinski definition) is 0. The van der Waals surface area contributed by atoms with Crippen LogP contribution in [0.3, 0.4) is 0 Å². The average Bonchev–Trinajstić information content (AvgIpc) is 3.26. The summed E-state index contributed by atoms with van der Waals surface area (Å²) in [4.78, 5) is 14.9. The smallest absolute Gasteiger partial charge is 0.243 e. The van der Waals surface area contributed by atoms with Crippen LogP contribution >= 0.6 is 0 Å². The monoisotopic (exact) mass is 444 g/mol. The third-order valence-corrected chi connectivity index (χ3v) is 6.82. The van der Waals surface area contributed by atoms with E-state index in [0.717, 1.165) is 5.56 Å². The molecule has 0 aliphatic rings. The minimum absolute atomic E-state index is 0.132. The molecule has 2 aromatic carbocycles. The van der Waals surface area contributed by atoms with Gasteiger partial charge < -0.3 is 9.32 Å². The molecule has 0 saturated carbocycles. The molecular weight excluding hydrogens is 419 g/mol. The predicted molar refractivity (Wildman–Crippen MR) is 115 cm³/mol. The van der Waals surface area contributed by atoms with Crippen LogP contribution in [0.25, 0.3) is 0 Å². The Hall–Kier alpha value is -2.97. The second-order valence-corrected chi connectivity index (χ2v) is 9.30. The van der Waals surface area contributed by atoms with Gasteiger partial charge in [0.15, 0.2) is 0 Å². The molecular formula is C23H25FN2O4S. The topological polar surface area (TPSA) is 70.8 Å². The van der Waals surface area contributed by atoms with Crippen molar-refractivity contribution in [3.8, 4) is 0 Å². The molecule has 3 aromatic rings. The summed E-state index contributed by atoms with van der Waals surface area (Å²) in [5, 5.41) is 0. The molecule has 0 atom stereocenters. The Labute approximate surface area is 182 Å². The SMILES string of the molecule is CC(C)N(CC(=O)N(Cc1ccc(F)cc1)Cc1ccco1)S(=O)(=O)c1ccccc1. The van der Waals surface area contributed by atoms with Gasteiger partial charge in [-0.2, -0.15) is 4.31 Å². The van der Waals surface area contributed by atoms with Crippen molar-refractivity contribution in [2.45, 2.75) is 37.9 Å². The van der Waals surface area contributed by atoms with Gasteiger partial charge in [-0.05, 0) is 55.8 Å². The normalized spacial score (nSPS) is 11.8. The summed E-state index contributed by atoms with van der Waals surface area (Å²) < 4.78 is 46.1. The summed E-state index contributed by atoms with van der Waals surface area (Å²) in [6.45, 7) is 3.49. The largest absolute Gasteiger partial charge is 0.467 e. The molecule has 0 saturated heterocycles. The van der Waals surface area contributed by atoms with Crippen LogP contribution in [-0.2, 0) is 27.9 Å². The highest BCUT2D eigenvalue weighted by Crippen LogP contribution is 2.19. The van der Waals surface area contributed by atoms with E-state index in [4.69, 9.17) is 4.42 Å². The number of furan rings is 1. The lowest BCUT2D eigenvalue weighted by molar-refractivity contribution is -0.133. The zero-order valence-electron chi connectivity index (χ0n) is 17.4. The molecule has 0 radical (unpaired) electrons. The van der Waals surface area contributed by atoms with E-state index < -0.39 is 16.1 Å². The number of sulfonamides is 1. The van der Waals surface area contributed by atoms with Crippen molar-refractivity contribution in [1.29, 1.82) is 0 Å². The van der Waals surface area contributed by atoms with Crippen LogP contribution in [0.4, 0.5) is 4.39 Å². The van der Waals surface area contributed by atoms with Crippen LogP contribution in [0.2, 0.25) is 0 Å². The van der Waals surface area contributed by atoms with Crippen LogP contribution in [-0.4, -0.2) is 36.1 Å². The third kappa shape index (κ3) is 5.80. The van der Waals surface area contributed by atoms with Crippen LogP contribution < -0.4 is 0 Å². The van der Waals surface area contributed by atoms with Crippen molar-refractivity contribution in [2.24, 2.45) is 0 Å². The van der Waals surface area contributed by atoms with Crippen molar-refractivity contribution in [1.82, 2.24) is 9.21 Å². The van der Waals surface area contributed by atoms with E-state index in [0.29, 0.717) is 5.76 Å². The summed E-state index contributed by atoms with van der Waals surface area (Å²) in [7, 11) is -3.86. The van der Waals surface area contributed by atoms with Crippen molar-refractivity contribution in [3.63, 3.8) is 0 Å². The molecule has 8 heteroatoms. The van der Waals surface area contributed by atoms with Crippen molar-refractivity contribution >= 4 is 15.9 Å².